The summed E-state index contributed by atoms with van der Waals surface area (Å²) >= 11 is 0. The molecule has 0 aliphatic heterocycles. The summed E-state index contributed by atoms with van der Waals surface area (Å²) in [4.78, 5) is 6.62. The van der Waals surface area contributed by atoms with Crippen LogP contribution < -0.4 is 10.1 Å². The molecule has 18 heavy (non-hydrogen) atoms. The van der Waals surface area contributed by atoms with Crippen LogP contribution in [-0.4, -0.2) is 35.7 Å². The first-order chi connectivity index (χ1) is 8.17. The molecule has 0 atom stereocenters. The summed E-state index contributed by atoms with van der Waals surface area (Å²) < 4.78 is 77.4. The van der Waals surface area contributed by atoms with E-state index in [1.165, 1.54) is 7.05 Å². The van der Waals surface area contributed by atoms with Gasteiger partial charge in [-0.3, -0.25) is 0 Å². The van der Waals surface area contributed by atoms with Crippen LogP contribution in [-0.2, 0) is 0 Å². The van der Waals surface area contributed by atoms with E-state index >= 15 is 0 Å². The molecule has 0 aromatic carbocycles. The van der Waals surface area contributed by atoms with Crippen molar-refractivity contribution in [2.24, 2.45) is 0 Å². The molecule has 0 radical (unpaired) electrons. The molecular weight excluding hydrogens is 268 g/mol. The summed E-state index contributed by atoms with van der Waals surface area (Å²) in [5, 5.41) is 2.34. The zero-order chi connectivity index (χ0) is 14.0. The SMILES string of the molecule is CNc1ncc(F)c(OCC(F)(F)C(F)(F)F)n1. The largest absolute Gasteiger partial charge is 0.469 e. The Morgan fingerprint density at radius 1 is 1.28 bits per heavy atom. The fraction of sp³-hybridized carbons (Fsp3) is 0.500. The van der Waals surface area contributed by atoms with E-state index in [1.807, 2.05) is 0 Å². The van der Waals surface area contributed by atoms with Crippen molar-refractivity contribution in [1.29, 1.82) is 0 Å². The number of hydrogen-bond acceptors (Lipinski definition) is 4. The lowest BCUT2D eigenvalue weighted by Crippen LogP contribution is -2.42. The average molecular weight is 275 g/mol. The van der Waals surface area contributed by atoms with Crippen LogP contribution in [0.15, 0.2) is 6.20 Å². The molecule has 0 fully saturated rings. The fourth-order valence-electron chi connectivity index (χ4n) is 0.814. The summed E-state index contributed by atoms with van der Waals surface area (Å²) in [7, 11) is 1.35. The molecule has 0 spiro atoms. The van der Waals surface area contributed by atoms with Crippen molar-refractivity contribution < 1.29 is 31.1 Å². The van der Waals surface area contributed by atoms with E-state index in [0.29, 0.717) is 6.20 Å². The predicted octanol–water partition coefficient (Wildman–Crippen LogP) is 2.23. The summed E-state index contributed by atoms with van der Waals surface area (Å²) in [5.41, 5.74) is 0. The Kier molecular flexibility index (Phi) is 3.87. The van der Waals surface area contributed by atoms with Crippen molar-refractivity contribution in [3.05, 3.63) is 12.0 Å². The molecule has 0 aliphatic rings. The number of aromatic nitrogens is 2. The minimum atomic E-state index is -5.78. The van der Waals surface area contributed by atoms with Crippen molar-refractivity contribution in [1.82, 2.24) is 9.97 Å². The van der Waals surface area contributed by atoms with Gasteiger partial charge < -0.3 is 10.1 Å². The summed E-state index contributed by atoms with van der Waals surface area (Å²) in [6.07, 6.45) is -5.19. The monoisotopic (exact) mass is 275 g/mol. The van der Waals surface area contributed by atoms with E-state index in [1.54, 1.807) is 0 Å². The van der Waals surface area contributed by atoms with Gasteiger partial charge in [-0.2, -0.15) is 31.3 Å². The number of alkyl halides is 5. The Hall–Kier alpha value is -1.74. The van der Waals surface area contributed by atoms with Gasteiger partial charge in [0.2, 0.25) is 11.8 Å². The molecule has 0 unspecified atom stereocenters. The Labute approximate surface area is 97.0 Å². The van der Waals surface area contributed by atoms with Gasteiger partial charge in [0.1, 0.15) is 0 Å². The van der Waals surface area contributed by atoms with Crippen molar-refractivity contribution >= 4 is 5.95 Å². The zero-order valence-electron chi connectivity index (χ0n) is 8.85. The second kappa shape index (κ2) is 4.86. The molecule has 10 heteroatoms. The molecule has 0 saturated carbocycles. The standard InChI is InChI=1S/C8H7F6N3O/c1-15-6-16-2-4(9)5(17-6)18-3-7(10,11)8(12,13)14/h2H,3H2,1H3,(H,15,16,17). The molecule has 1 rings (SSSR count). The van der Waals surface area contributed by atoms with Crippen molar-refractivity contribution in [2.75, 3.05) is 19.0 Å². The van der Waals surface area contributed by atoms with Gasteiger partial charge in [-0.15, -0.1) is 0 Å². The highest BCUT2D eigenvalue weighted by Gasteiger charge is 2.58. The van der Waals surface area contributed by atoms with E-state index < -0.39 is 30.4 Å². The first-order valence-electron chi connectivity index (χ1n) is 4.45. The van der Waals surface area contributed by atoms with Crippen LogP contribution in [0, 0.1) is 5.82 Å². The highest BCUT2D eigenvalue weighted by Crippen LogP contribution is 2.35. The minimum Gasteiger partial charge on any atom is -0.469 e. The molecule has 0 saturated heterocycles. The summed E-state index contributed by atoms with van der Waals surface area (Å²) in [5.74, 6) is -7.50. The molecule has 0 amide bonds. The van der Waals surface area contributed by atoms with Gasteiger partial charge in [0.05, 0.1) is 6.20 Å². The van der Waals surface area contributed by atoms with Crippen LogP contribution in [0.4, 0.5) is 32.3 Å². The third kappa shape index (κ3) is 3.14. The number of hydrogen-bond donors (Lipinski definition) is 1. The van der Waals surface area contributed by atoms with Crippen molar-refractivity contribution in [2.45, 2.75) is 12.1 Å². The van der Waals surface area contributed by atoms with Crippen molar-refractivity contribution in [3.63, 3.8) is 0 Å². The summed E-state index contributed by atoms with van der Waals surface area (Å²) in [6, 6.07) is 0. The molecule has 102 valence electrons. The van der Waals surface area contributed by atoms with E-state index in [4.69, 9.17) is 0 Å². The third-order valence-electron chi connectivity index (χ3n) is 1.74. The van der Waals surface area contributed by atoms with E-state index in [0.717, 1.165) is 0 Å². The van der Waals surface area contributed by atoms with Gasteiger partial charge in [-0.05, 0) is 0 Å². The summed E-state index contributed by atoms with van der Waals surface area (Å²) in [6.45, 7) is -2.06. The van der Waals surface area contributed by atoms with Gasteiger partial charge in [0, 0.05) is 7.05 Å². The normalized spacial score (nSPS) is 12.4. The molecule has 4 nitrogen and oxygen atoms in total. The lowest BCUT2D eigenvalue weighted by molar-refractivity contribution is -0.290. The lowest BCUT2D eigenvalue weighted by atomic mass is 10.3. The second-order valence-electron chi connectivity index (χ2n) is 3.09. The second-order valence-corrected chi connectivity index (χ2v) is 3.09. The van der Waals surface area contributed by atoms with Crippen LogP contribution in [0.25, 0.3) is 0 Å². The van der Waals surface area contributed by atoms with Gasteiger partial charge >= 0.3 is 12.1 Å². The third-order valence-corrected chi connectivity index (χ3v) is 1.74. The molecular formula is C8H7F6N3O. The maximum atomic E-state index is 13.0. The number of rotatable bonds is 4. The average Bonchev–Trinajstić information content (AvgIpc) is 2.26. The maximum absolute atomic E-state index is 13.0. The fourth-order valence-corrected chi connectivity index (χ4v) is 0.814. The van der Waals surface area contributed by atoms with E-state index in [9.17, 15) is 26.3 Å². The molecule has 0 aliphatic carbocycles. The number of halogens is 6. The number of ether oxygens (including phenoxy) is 1. The Balaban J connectivity index is 2.80. The molecule has 0 bridgehead atoms. The molecule has 1 aromatic rings. The molecule has 1 aromatic heterocycles. The first-order valence-corrected chi connectivity index (χ1v) is 4.45. The van der Waals surface area contributed by atoms with E-state index in [2.05, 4.69) is 20.0 Å². The van der Waals surface area contributed by atoms with Crippen LogP contribution in [0.3, 0.4) is 0 Å². The van der Waals surface area contributed by atoms with Crippen LogP contribution in [0.5, 0.6) is 5.88 Å². The highest BCUT2D eigenvalue weighted by atomic mass is 19.4. The smallest absolute Gasteiger partial charge is 0.456 e. The zero-order valence-corrected chi connectivity index (χ0v) is 8.85. The van der Waals surface area contributed by atoms with Crippen LogP contribution in [0.1, 0.15) is 0 Å². The van der Waals surface area contributed by atoms with Gasteiger partial charge in [0.15, 0.2) is 6.61 Å². The van der Waals surface area contributed by atoms with Crippen LogP contribution in [0.2, 0.25) is 0 Å². The predicted molar refractivity (Wildman–Crippen MR) is 48.0 cm³/mol. The van der Waals surface area contributed by atoms with Crippen molar-refractivity contribution in [3.8, 4) is 5.88 Å². The maximum Gasteiger partial charge on any atom is 0.456 e. The Morgan fingerprint density at radius 3 is 2.39 bits per heavy atom. The number of nitrogens with zero attached hydrogens (tertiary/aromatic N) is 2. The topological polar surface area (TPSA) is 47.0 Å². The Bertz CT molecular complexity index is 422. The van der Waals surface area contributed by atoms with E-state index in [-0.39, 0.29) is 5.95 Å². The highest BCUT2D eigenvalue weighted by molar-refractivity contribution is 5.27. The Morgan fingerprint density at radius 2 is 1.89 bits per heavy atom. The molecule has 1 heterocycles. The minimum absolute atomic E-state index is 0.179. The molecule has 1 N–H and O–H groups in total. The number of nitrogens with one attached hydrogen (secondary N) is 1. The van der Waals surface area contributed by atoms with Gasteiger partial charge in [-0.25, -0.2) is 4.98 Å². The van der Waals surface area contributed by atoms with Gasteiger partial charge in [0.25, 0.3) is 5.88 Å². The van der Waals surface area contributed by atoms with Crippen LogP contribution >= 0.6 is 0 Å². The quantitative estimate of drug-likeness (QED) is 0.856. The number of anilines is 1. The van der Waals surface area contributed by atoms with Gasteiger partial charge in [-0.1, -0.05) is 0 Å². The first kappa shape index (κ1) is 14.3. The lowest BCUT2D eigenvalue weighted by Gasteiger charge is -2.19.